The first-order valence-corrected chi connectivity index (χ1v) is 11.1. The maximum absolute atomic E-state index is 5.83. The van der Waals surface area contributed by atoms with Gasteiger partial charge in [-0.25, -0.2) is 0 Å². The lowest BCUT2D eigenvalue weighted by Crippen LogP contribution is -2.28. The molecule has 0 aliphatic carbocycles. The van der Waals surface area contributed by atoms with Crippen molar-refractivity contribution in [1.82, 2.24) is 4.90 Å². The van der Waals surface area contributed by atoms with Crippen LogP contribution in [0.5, 0.6) is 5.75 Å². The van der Waals surface area contributed by atoms with Crippen molar-refractivity contribution in [2.45, 2.75) is 27.7 Å². The molecule has 2 aromatic rings. The minimum atomic E-state index is 0.181. The molecule has 1 heterocycles. The van der Waals surface area contributed by atoms with E-state index in [2.05, 4.69) is 79.5 Å². The molecule has 0 fully saturated rings. The van der Waals surface area contributed by atoms with Crippen LogP contribution in [-0.4, -0.2) is 44.4 Å². The number of thiophene rings is 1. The number of benzene rings is 1. The normalized spacial score (nSPS) is 11.6. The highest BCUT2D eigenvalue weighted by molar-refractivity contribution is 7.08. The summed E-state index contributed by atoms with van der Waals surface area (Å²) in [6.45, 7) is 13.1. The van der Waals surface area contributed by atoms with Crippen molar-refractivity contribution >= 4 is 11.3 Å². The Morgan fingerprint density at radius 2 is 1.97 bits per heavy atom. The molecule has 156 valence electrons. The molecule has 2 rings (SSSR count). The lowest BCUT2D eigenvalue weighted by Gasteiger charge is -2.17. The maximum atomic E-state index is 5.83. The number of ether oxygens (including phenoxy) is 2. The average Bonchev–Trinajstić information content (AvgIpc) is 3.23. The summed E-state index contributed by atoms with van der Waals surface area (Å²) >= 11 is 1.70. The van der Waals surface area contributed by atoms with Gasteiger partial charge in [0.1, 0.15) is 12.4 Å². The SMILES string of the molecule is CCN(CC#CC=CC(C)(C)C)CCOCCOc1cccc(-c2ccsc2)c1. The number of rotatable bonds is 10. The zero-order valence-electron chi connectivity index (χ0n) is 18.1. The molecule has 0 aliphatic heterocycles. The van der Waals surface area contributed by atoms with Crippen LogP contribution in [0.1, 0.15) is 27.7 Å². The van der Waals surface area contributed by atoms with Gasteiger partial charge in [-0.1, -0.05) is 57.7 Å². The van der Waals surface area contributed by atoms with E-state index in [0.29, 0.717) is 19.8 Å². The van der Waals surface area contributed by atoms with Crippen LogP contribution in [0.25, 0.3) is 11.1 Å². The van der Waals surface area contributed by atoms with Crippen LogP contribution in [-0.2, 0) is 4.74 Å². The molecule has 0 saturated carbocycles. The lowest BCUT2D eigenvalue weighted by atomic mass is 9.96. The van der Waals surface area contributed by atoms with Crippen molar-refractivity contribution in [3.63, 3.8) is 0 Å². The molecule has 0 bridgehead atoms. The van der Waals surface area contributed by atoms with Crippen molar-refractivity contribution < 1.29 is 9.47 Å². The molecule has 0 amide bonds. The topological polar surface area (TPSA) is 21.7 Å². The molecule has 29 heavy (non-hydrogen) atoms. The van der Waals surface area contributed by atoms with E-state index in [4.69, 9.17) is 9.47 Å². The number of allylic oxidation sites excluding steroid dienone is 2. The molecule has 0 atom stereocenters. The van der Waals surface area contributed by atoms with E-state index in [-0.39, 0.29) is 5.41 Å². The second-order valence-electron chi connectivity index (χ2n) is 7.89. The van der Waals surface area contributed by atoms with Gasteiger partial charge in [0, 0.05) is 6.54 Å². The van der Waals surface area contributed by atoms with Gasteiger partial charge in [-0.15, -0.1) is 0 Å². The van der Waals surface area contributed by atoms with Gasteiger partial charge in [-0.2, -0.15) is 11.3 Å². The van der Waals surface area contributed by atoms with Crippen LogP contribution in [0, 0.1) is 17.3 Å². The highest BCUT2D eigenvalue weighted by Gasteiger charge is 2.03. The van der Waals surface area contributed by atoms with E-state index in [1.54, 1.807) is 11.3 Å². The van der Waals surface area contributed by atoms with Crippen LogP contribution >= 0.6 is 11.3 Å². The van der Waals surface area contributed by atoms with E-state index >= 15 is 0 Å². The molecule has 1 aromatic carbocycles. The Hall–Kier alpha value is -2.06. The number of nitrogens with zero attached hydrogens (tertiary/aromatic N) is 1. The summed E-state index contributed by atoms with van der Waals surface area (Å²) in [4.78, 5) is 2.28. The Balaban J connectivity index is 1.62. The Labute approximate surface area is 180 Å². The van der Waals surface area contributed by atoms with Crippen molar-refractivity contribution in [2.75, 3.05) is 39.5 Å². The molecular weight excluding hydrogens is 378 g/mol. The first-order chi connectivity index (χ1) is 14.0. The molecule has 0 aliphatic rings. The summed E-state index contributed by atoms with van der Waals surface area (Å²) in [5.41, 5.74) is 2.59. The third kappa shape index (κ3) is 9.80. The monoisotopic (exact) mass is 411 g/mol. The van der Waals surface area contributed by atoms with Crippen molar-refractivity contribution in [1.29, 1.82) is 0 Å². The zero-order valence-corrected chi connectivity index (χ0v) is 18.9. The van der Waals surface area contributed by atoms with Gasteiger partial charge >= 0.3 is 0 Å². The fourth-order valence-electron chi connectivity index (χ4n) is 2.57. The molecule has 0 N–H and O–H groups in total. The second kappa shape index (κ2) is 12.5. The van der Waals surface area contributed by atoms with Crippen LogP contribution in [0.15, 0.2) is 53.2 Å². The molecule has 0 spiro atoms. The van der Waals surface area contributed by atoms with Gasteiger partial charge in [0.2, 0.25) is 0 Å². The van der Waals surface area contributed by atoms with Crippen LogP contribution in [0.2, 0.25) is 0 Å². The summed E-state index contributed by atoms with van der Waals surface area (Å²) in [5, 5.41) is 4.23. The van der Waals surface area contributed by atoms with Crippen molar-refractivity contribution in [2.24, 2.45) is 5.41 Å². The smallest absolute Gasteiger partial charge is 0.120 e. The van der Waals surface area contributed by atoms with Crippen LogP contribution in [0.4, 0.5) is 0 Å². The number of hydrogen-bond donors (Lipinski definition) is 0. The molecule has 0 radical (unpaired) electrons. The Morgan fingerprint density at radius 3 is 2.69 bits per heavy atom. The van der Waals surface area contributed by atoms with Gasteiger partial charge in [-0.05, 0) is 58.1 Å². The molecular formula is C25H33NO2S. The van der Waals surface area contributed by atoms with Crippen molar-refractivity contribution in [3.8, 4) is 28.7 Å². The van der Waals surface area contributed by atoms with Gasteiger partial charge in [0.25, 0.3) is 0 Å². The van der Waals surface area contributed by atoms with E-state index < -0.39 is 0 Å². The zero-order chi connectivity index (χ0) is 21.0. The largest absolute Gasteiger partial charge is 0.491 e. The quantitative estimate of drug-likeness (QED) is 0.368. The fourth-order valence-corrected chi connectivity index (χ4v) is 3.23. The molecule has 0 saturated heterocycles. The highest BCUT2D eigenvalue weighted by Crippen LogP contribution is 2.25. The van der Waals surface area contributed by atoms with E-state index in [9.17, 15) is 0 Å². The summed E-state index contributed by atoms with van der Waals surface area (Å²) < 4.78 is 11.6. The predicted octanol–water partition coefficient (Wildman–Crippen LogP) is 5.74. The van der Waals surface area contributed by atoms with Gasteiger partial charge in [-0.3, -0.25) is 4.90 Å². The lowest BCUT2D eigenvalue weighted by molar-refractivity contribution is 0.0835. The molecule has 3 nitrogen and oxygen atoms in total. The van der Waals surface area contributed by atoms with Gasteiger partial charge in [0.05, 0.1) is 19.8 Å². The third-order valence-electron chi connectivity index (χ3n) is 4.26. The summed E-state index contributed by atoms with van der Waals surface area (Å²) in [6, 6.07) is 10.3. The fraction of sp³-hybridized carbons (Fsp3) is 0.440. The number of likely N-dealkylation sites (N-methyl/N-ethyl adjacent to an activating group) is 1. The molecule has 1 aromatic heterocycles. The average molecular weight is 412 g/mol. The van der Waals surface area contributed by atoms with E-state index in [1.807, 2.05) is 18.2 Å². The predicted molar refractivity (Wildman–Crippen MR) is 125 cm³/mol. The minimum Gasteiger partial charge on any atom is -0.491 e. The standard InChI is InChI=1S/C25H33NO2S/c1-5-26(14-8-6-7-13-25(2,3)4)15-16-27-17-18-28-24-11-9-10-22(20-24)23-12-19-29-21-23/h7,9-13,19-21H,5,14-18H2,1-4H3. The van der Waals surface area contributed by atoms with E-state index in [0.717, 1.165) is 25.4 Å². The highest BCUT2D eigenvalue weighted by atomic mass is 32.1. The minimum absolute atomic E-state index is 0.181. The van der Waals surface area contributed by atoms with Crippen LogP contribution in [0.3, 0.4) is 0 Å². The maximum Gasteiger partial charge on any atom is 0.120 e. The first-order valence-electron chi connectivity index (χ1n) is 10.2. The Bertz CT molecular complexity index is 794. The van der Waals surface area contributed by atoms with Gasteiger partial charge < -0.3 is 9.47 Å². The summed E-state index contributed by atoms with van der Waals surface area (Å²) in [7, 11) is 0. The van der Waals surface area contributed by atoms with Crippen molar-refractivity contribution in [3.05, 3.63) is 53.2 Å². The number of hydrogen-bond acceptors (Lipinski definition) is 4. The third-order valence-corrected chi connectivity index (χ3v) is 4.94. The Morgan fingerprint density at radius 1 is 1.10 bits per heavy atom. The molecule has 0 unspecified atom stereocenters. The molecule has 4 heteroatoms. The second-order valence-corrected chi connectivity index (χ2v) is 8.67. The summed E-state index contributed by atoms with van der Waals surface area (Å²) in [6.07, 6.45) is 4.09. The van der Waals surface area contributed by atoms with E-state index in [1.165, 1.54) is 11.1 Å². The van der Waals surface area contributed by atoms with Crippen LogP contribution < -0.4 is 4.74 Å². The summed E-state index contributed by atoms with van der Waals surface area (Å²) in [5.74, 6) is 7.21. The van der Waals surface area contributed by atoms with Gasteiger partial charge in [0.15, 0.2) is 0 Å². The Kier molecular flexibility index (Phi) is 10.0. The first kappa shape index (κ1) is 23.2.